The van der Waals surface area contributed by atoms with Gasteiger partial charge >= 0.3 is 0 Å². The van der Waals surface area contributed by atoms with Crippen LogP contribution in [0.15, 0.2) is 12.2 Å². The molecule has 0 amide bonds. The van der Waals surface area contributed by atoms with E-state index in [-0.39, 0.29) is 13.2 Å². The van der Waals surface area contributed by atoms with Gasteiger partial charge in [0.05, 0.1) is 19.8 Å². The van der Waals surface area contributed by atoms with Crippen LogP contribution in [0.1, 0.15) is 96.8 Å². The van der Waals surface area contributed by atoms with Gasteiger partial charge in [-0.25, -0.2) is 0 Å². The van der Waals surface area contributed by atoms with Crippen LogP contribution >= 0.6 is 0 Å². The molecule has 0 radical (unpaired) electrons. The van der Waals surface area contributed by atoms with Crippen LogP contribution < -0.4 is 0 Å². The van der Waals surface area contributed by atoms with Crippen LogP contribution in [0.5, 0.6) is 0 Å². The van der Waals surface area contributed by atoms with Gasteiger partial charge in [-0.1, -0.05) is 76.4 Å². The third-order valence-electron chi connectivity index (χ3n) is 6.05. The van der Waals surface area contributed by atoms with Crippen molar-refractivity contribution >= 4 is 0 Å². The highest BCUT2D eigenvalue weighted by Crippen LogP contribution is 2.14. The van der Waals surface area contributed by atoms with E-state index in [0.29, 0.717) is 24.1 Å². The van der Waals surface area contributed by atoms with Crippen LogP contribution in [0.3, 0.4) is 0 Å². The standard InChI is InChI=1S/C26H50NO3/c1-3-5-6-7-8-9-10-11-12-13-14-15-16-17-18-19-20-27(21-23-28,22-24-29)25-26(30)4-2/h2,11-12,26,28-30H,3,5-10,13-25H2,1H3/q+1/b12-11+. The van der Waals surface area contributed by atoms with Crippen molar-refractivity contribution in [2.75, 3.05) is 39.4 Å². The van der Waals surface area contributed by atoms with Crippen molar-refractivity contribution in [3.63, 3.8) is 0 Å². The van der Waals surface area contributed by atoms with Crippen LogP contribution in [0.2, 0.25) is 0 Å². The summed E-state index contributed by atoms with van der Waals surface area (Å²) in [5, 5.41) is 28.7. The molecule has 0 rings (SSSR count). The molecule has 0 saturated carbocycles. The highest BCUT2D eigenvalue weighted by atomic mass is 16.3. The molecule has 0 spiro atoms. The summed E-state index contributed by atoms with van der Waals surface area (Å²) >= 11 is 0. The van der Waals surface area contributed by atoms with Gasteiger partial charge in [0, 0.05) is 0 Å². The summed E-state index contributed by atoms with van der Waals surface area (Å²) in [7, 11) is 0. The van der Waals surface area contributed by atoms with Crippen LogP contribution in [-0.2, 0) is 0 Å². The third-order valence-corrected chi connectivity index (χ3v) is 6.05. The van der Waals surface area contributed by atoms with Gasteiger partial charge in [0.2, 0.25) is 0 Å². The summed E-state index contributed by atoms with van der Waals surface area (Å²) in [5.74, 6) is 2.36. The fourth-order valence-electron chi connectivity index (χ4n) is 4.15. The van der Waals surface area contributed by atoms with Gasteiger partial charge in [0.15, 0.2) is 6.10 Å². The smallest absolute Gasteiger partial charge is 0.163 e. The Morgan fingerprint density at radius 3 is 1.67 bits per heavy atom. The van der Waals surface area contributed by atoms with Gasteiger partial charge in [-0.05, 0) is 38.5 Å². The SMILES string of the molecule is C#CC(O)C[N+](CCO)(CCO)CCCCCCCC/C=C/CCCCCCCC. The van der Waals surface area contributed by atoms with E-state index in [1.807, 2.05) is 0 Å². The summed E-state index contributed by atoms with van der Waals surface area (Å²) < 4.78 is 0.502. The summed E-state index contributed by atoms with van der Waals surface area (Å²) in [4.78, 5) is 0. The Morgan fingerprint density at radius 1 is 0.733 bits per heavy atom. The zero-order valence-corrected chi connectivity index (χ0v) is 19.7. The van der Waals surface area contributed by atoms with E-state index in [9.17, 15) is 15.3 Å². The fourth-order valence-corrected chi connectivity index (χ4v) is 4.15. The number of aliphatic hydroxyl groups is 3. The number of hydrogen-bond acceptors (Lipinski definition) is 3. The molecule has 1 atom stereocenters. The Kier molecular flexibility index (Phi) is 20.8. The molecule has 0 aromatic heterocycles. The van der Waals surface area contributed by atoms with Crippen molar-refractivity contribution < 1.29 is 19.8 Å². The lowest BCUT2D eigenvalue weighted by molar-refractivity contribution is -0.930. The molecule has 176 valence electrons. The molecule has 0 saturated heterocycles. The number of quaternary nitrogens is 1. The van der Waals surface area contributed by atoms with Crippen molar-refractivity contribution in [2.45, 2.75) is 103 Å². The number of rotatable bonds is 22. The van der Waals surface area contributed by atoms with Crippen LogP contribution in [0.25, 0.3) is 0 Å². The van der Waals surface area contributed by atoms with Crippen molar-refractivity contribution in [1.29, 1.82) is 0 Å². The fraction of sp³-hybridized carbons (Fsp3) is 0.846. The van der Waals surface area contributed by atoms with E-state index in [2.05, 4.69) is 25.0 Å². The largest absolute Gasteiger partial charge is 0.391 e. The molecule has 0 aliphatic heterocycles. The first-order valence-electron chi connectivity index (χ1n) is 12.5. The first kappa shape index (κ1) is 29.1. The van der Waals surface area contributed by atoms with Gasteiger partial charge in [0.25, 0.3) is 0 Å². The summed E-state index contributed by atoms with van der Waals surface area (Å²) in [6, 6.07) is 0. The monoisotopic (exact) mass is 424 g/mol. The Bertz CT molecular complexity index is 424. The van der Waals surface area contributed by atoms with E-state index in [1.54, 1.807) is 0 Å². The molecule has 0 fully saturated rings. The van der Waals surface area contributed by atoms with Crippen molar-refractivity contribution in [1.82, 2.24) is 0 Å². The maximum absolute atomic E-state index is 9.86. The maximum atomic E-state index is 9.86. The molecule has 3 N–H and O–H groups in total. The van der Waals surface area contributed by atoms with E-state index in [4.69, 9.17) is 6.42 Å². The average Bonchev–Trinajstić information content (AvgIpc) is 2.73. The zero-order chi connectivity index (χ0) is 22.3. The number of nitrogens with zero attached hydrogens (tertiary/aromatic N) is 1. The average molecular weight is 425 g/mol. The molecule has 1 unspecified atom stereocenters. The molecular formula is C26H50NO3+. The number of unbranched alkanes of at least 4 members (excludes halogenated alkanes) is 12. The number of aliphatic hydroxyl groups excluding tert-OH is 3. The summed E-state index contributed by atoms with van der Waals surface area (Å²) in [6.45, 7) is 4.67. The topological polar surface area (TPSA) is 60.7 Å². The van der Waals surface area contributed by atoms with Gasteiger partial charge in [0.1, 0.15) is 19.6 Å². The van der Waals surface area contributed by atoms with Gasteiger partial charge < -0.3 is 19.8 Å². The van der Waals surface area contributed by atoms with Crippen molar-refractivity contribution in [3.8, 4) is 12.3 Å². The maximum Gasteiger partial charge on any atom is 0.163 e. The van der Waals surface area contributed by atoms with Gasteiger partial charge in [-0.2, -0.15) is 0 Å². The van der Waals surface area contributed by atoms with Gasteiger partial charge in [-0.3, -0.25) is 0 Å². The lowest BCUT2D eigenvalue weighted by Crippen LogP contribution is -2.55. The minimum Gasteiger partial charge on any atom is -0.391 e. The predicted octanol–water partition coefficient (Wildman–Crippen LogP) is 4.82. The van der Waals surface area contributed by atoms with Crippen molar-refractivity contribution in [2.24, 2.45) is 0 Å². The quantitative estimate of drug-likeness (QED) is 0.101. The molecule has 0 aliphatic carbocycles. The Hall–Kier alpha value is -0.860. The minimum absolute atomic E-state index is 0.0453. The van der Waals surface area contributed by atoms with Gasteiger partial charge in [-0.15, -0.1) is 6.42 Å². The van der Waals surface area contributed by atoms with Crippen LogP contribution in [-0.4, -0.2) is 65.3 Å². The van der Waals surface area contributed by atoms with Crippen LogP contribution in [0.4, 0.5) is 0 Å². The molecule has 30 heavy (non-hydrogen) atoms. The lowest BCUT2D eigenvalue weighted by atomic mass is 10.1. The molecule has 0 bridgehead atoms. The molecular weight excluding hydrogens is 374 g/mol. The molecule has 0 heterocycles. The summed E-state index contributed by atoms with van der Waals surface area (Å²) in [6.07, 6.45) is 27.1. The summed E-state index contributed by atoms with van der Waals surface area (Å²) in [5.41, 5.74) is 0. The van der Waals surface area contributed by atoms with E-state index in [0.717, 1.165) is 19.4 Å². The molecule has 4 nitrogen and oxygen atoms in total. The number of allylic oxidation sites excluding steroid dienone is 2. The first-order chi connectivity index (χ1) is 14.6. The van der Waals surface area contributed by atoms with E-state index < -0.39 is 6.10 Å². The van der Waals surface area contributed by atoms with Crippen molar-refractivity contribution in [3.05, 3.63) is 12.2 Å². The lowest BCUT2D eigenvalue weighted by Gasteiger charge is -2.38. The third kappa shape index (κ3) is 16.9. The predicted molar refractivity (Wildman–Crippen MR) is 128 cm³/mol. The number of hydrogen-bond donors (Lipinski definition) is 3. The van der Waals surface area contributed by atoms with E-state index in [1.165, 1.54) is 77.0 Å². The molecule has 0 aromatic carbocycles. The zero-order valence-electron chi connectivity index (χ0n) is 19.7. The number of terminal acetylenes is 1. The second kappa shape index (κ2) is 21.4. The Labute approximate surface area is 187 Å². The molecule has 4 heteroatoms. The Morgan fingerprint density at radius 2 is 1.20 bits per heavy atom. The van der Waals surface area contributed by atoms with Crippen LogP contribution in [0, 0.1) is 12.3 Å². The highest BCUT2D eigenvalue weighted by Gasteiger charge is 2.28. The second-order valence-electron chi connectivity index (χ2n) is 8.76. The minimum atomic E-state index is -0.822. The second-order valence-corrected chi connectivity index (χ2v) is 8.76. The first-order valence-corrected chi connectivity index (χ1v) is 12.5. The molecule has 0 aliphatic rings. The highest BCUT2D eigenvalue weighted by molar-refractivity contribution is 4.93. The van der Waals surface area contributed by atoms with E-state index >= 15 is 0 Å². The molecule has 0 aromatic rings. The Balaban J connectivity index is 3.76. The normalized spacial score (nSPS) is 13.0.